The monoisotopic (exact) mass is 371 g/mol. The minimum Gasteiger partial charge on any atom is -0.467 e. The van der Waals surface area contributed by atoms with E-state index in [0.717, 1.165) is 17.4 Å². The normalized spacial score (nSPS) is 38.7. The molecule has 27 heavy (non-hydrogen) atoms. The second kappa shape index (κ2) is 6.05. The average Bonchev–Trinajstić information content (AvgIpc) is 3.45. The fourth-order valence-electron chi connectivity index (χ4n) is 6.75. The smallest absolute Gasteiger partial charge is 0.330 e. The molecule has 1 amide bonds. The summed E-state index contributed by atoms with van der Waals surface area (Å²) in [5.74, 6) is 2.03. The van der Waals surface area contributed by atoms with Gasteiger partial charge in [0.1, 0.15) is 11.9 Å². The van der Waals surface area contributed by atoms with E-state index in [9.17, 15) is 14.0 Å². The summed E-state index contributed by atoms with van der Waals surface area (Å²) in [7, 11) is 1.36. The maximum absolute atomic E-state index is 13.6. The van der Waals surface area contributed by atoms with Crippen LogP contribution in [0.3, 0.4) is 0 Å². The van der Waals surface area contributed by atoms with Gasteiger partial charge in [0.15, 0.2) is 0 Å². The summed E-state index contributed by atoms with van der Waals surface area (Å²) in [5.41, 5.74) is 0.907. The highest BCUT2D eigenvalue weighted by atomic mass is 19.1. The second-order valence-electron chi connectivity index (χ2n) is 9.11. The van der Waals surface area contributed by atoms with Gasteiger partial charge in [0.05, 0.1) is 13.7 Å². The number of rotatable bonds is 4. The molecule has 4 nitrogen and oxygen atoms in total. The molecule has 0 radical (unpaired) electrons. The first-order valence-electron chi connectivity index (χ1n) is 10.1. The Bertz CT molecular complexity index is 746. The average molecular weight is 371 g/mol. The molecule has 5 fully saturated rings. The number of carbonyl (C=O) groups is 2. The molecular formula is C22H26FNO3. The van der Waals surface area contributed by atoms with Crippen molar-refractivity contribution < 1.29 is 18.7 Å². The quantitative estimate of drug-likeness (QED) is 0.603. The number of hydrogen-bond acceptors (Lipinski definition) is 3. The second-order valence-corrected chi connectivity index (χ2v) is 9.11. The zero-order chi connectivity index (χ0) is 18.8. The highest BCUT2D eigenvalue weighted by Gasteiger charge is 2.59. The lowest BCUT2D eigenvalue weighted by atomic mass is 9.43. The lowest BCUT2D eigenvalue weighted by molar-refractivity contribution is -0.144. The number of ether oxygens (including phenoxy) is 1. The predicted molar refractivity (Wildman–Crippen MR) is 97.3 cm³/mol. The molecule has 0 aromatic heterocycles. The van der Waals surface area contributed by atoms with Crippen molar-refractivity contribution in [2.75, 3.05) is 13.7 Å². The Labute approximate surface area is 159 Å². The molecule has 0 N–H and O–H groups in total. The first-order chi connectivity index (χ1) is 13.0. The molecule has 1 atom stereocenters. The van der Waals surface area contributed by atoms with Crippen LogP contribution in [0.1, 0.15) is 44.1 Å². The number of amides is 1. The number of benzene rings is 1. The zero-order valence-corrected chi connectivity index (χ0v) is 15.7. The lowest BCUT2D eigenvalue weighted by Gasteiger charge is -2.61. The fourth-order valence-corrected chi connectivity index (χ4v) is 6.75. The van der Waals surface area contributed by atoms with Gasteiger partial charge in [0, 0.05) is 11.8 Å². The van der Waals surface area contributed by atoms with Crippen LogP contribution in [0.4, 0.5) is 4.39 Å². The van der Waals surface area contributed by atoms with Crippen molar-refractivity contribution in [3.63, 3.8) is 0 Å². The molecule has 144 valence electrons. The molecule has 1 unspecified atom stereocenters. The molecule has 4 bridgehead atoms. The van der Waals surface area contributed by atoms with E-state index in [1.54, 1.807) is 4.90 Å². The summed E-state index contributed by atoms with van der Waals surface area (Å²) in [6, 6.07) is 6.43. The summed E-state index contributed by atoms with van der Waals surface area (Å²) in [4.78, 5) is 26.5. The van der Waals surface area contributed by atoms with Gasteiger partial charge in [-0.25, -0.2) is 9.18 Å². The van der Waals surface area contributed by atoms with Crippen LogP contribution in [0.5, 0.6) is 0 Å². The van der Waals surface area contributed by atoms with E-state index in [1.165, 1.54) is 51.3 Å². The molecule has 4 aliphatic carbocycles. The molecule has 5 aliphatic rings. The maximum atomic E-state index is 13.6. The Balaban J connectivity index is 1.48. The van der Waals surface area contributed by atoms with Gasteiger partial charge in [-0.2, -0.15) is 0 Å². The Hall–Kier alpha value is -1.91. The maximum Gasteiger partial charge on any atom is 0.330 e. The number of nitrogens with zero attached hydrogens (tertiary/aromatic N) is 1. The molecule has 6 rings (SSSR count). The third-order valence-electron chi connectivity index (χ3n) is 7.83. The van der Waals surface area contributed by atoms with E-state index in [-0.39, 0.29) is 23.1 Å². The van der Waals surface area contributed by atoms with Gasteiger partial charge in [0.2, 0.25) is 5.91 Å². The van der Waals surface area contributed by atoms with Crippen LogP contribution in [0.25, 0.3) is 0 Å². The minimum absolute atomic E-state index is 0.0437. The molecule has 5 heteroatoms. The van der Waals surface area contributed by atoms with Crippen LogP contribution < -0.4 is 0 Å². The molecule has 1 heterocycles. The fraction of sp³-hybridized carbons (Fsp3) is 0.636. The SMILES string of the molecule is COC(=O)C1CN1C(=O)CC1(c2ccc(F)cc2)C2CC3CC(C2)CC1C3. The number of methoxy groups -OCH3 is 1. The first kappa shape index (κ1) is 17.2. The van der Waals surface area contributed by atoms with Crippen molar-refractivity contribution >= 4 is 11.9 Å². The predicted octanol–water partition coefficient (Wildman–Crippen LogP) is 3.29. The lowest BCUT2D eigenvalue weighted by Crippen LogP contribution is -2.56. The van der Waals surface area contributed by atoms with Gasteiger partial charge in [-0.05, 0) is 73.5 Å². The van der Waals surface area contributed by atoms with Crippen molar-refractivity contribution in [3.8, 4) is 0 Å². The topological polar surface area (TPSA) is 46.4 Å². The Kier molecular flexibility index (Phi) is 3.85. The summed E-state index contributed by atoms with van der Waals surface area (Å²) >= 11 is 0. The van der Waals surface area contributed by atoms with E-state index >= 15 is 0 Å². The molecule has 1 aromatic carbocycles. The highest BCUT2D eigenvalue weighted by molar-refractivity contribution is 5.90. The molecule has 4 saturated carbocycles. The van der Waals surface area contributed by atoms with Gasteiger partial charge in [0.25, 0.3) is 0 Å². The number of esters is 1. The summed E-state index contributed by atoms with van der Waals surface area (Å²) in [6.45, 7) is 0.464. The third kappa shape index (κ3) is 2.61. The molecule has 1 saturated heterocycles. The summed E-state index contributed by atoms with van der Waals surface area (Å²) in [5, 5.41) is 0. The zero-order valence-electron chi connectivity index (χ0n) is 15.7. The van der Waals surface area contributed by atoms with Gasteiger partial charge >= 0.3 is 5.97 Å². The molecule has 1 aliphatic heterocycles. The summed E-state index contributed by atoms with van der Waals surface area (Å²) < 4.78 is 18.4. The first-order valence-corrected chi connectivity index (χ1v) is 10.1. The van der Waals surface area contributed by atoms with Crippen LogP contribution in [0.15, 0.2) is 24.3 Å². The van der Waals surface area contributed by atoms with Crippen LogP contribution in [-0.4, -0.2) is 36.5 Å². The number of carbonyl (C=O) groups excluding carboxylic acids is 2. The number of halogens is 1. The standard InChI is InChI=1S/C22H26FNO3/c1-27-21(26)19-12-24(19)20(25)11-22(15-2-4-18(23)5-3-15)16-7-13-6-14(9-16)10-17(22)8-13/h2-5,13-14,16-17,19H,6-12H2,1H3. The van der Waals surface area contributed by atoms with Crippen molar-refractivity contribution in [2.24, 2.45) is 23.7 Å². The molecular weight excluding hydrogens is 345 g/mol. The van der Waals surface area contributed by atoms with Crippen LogP contribution >= 0.6 is 0 Å². The Morgan fingerprint density at radius 3 is 2.22 bits per heavy atom. The third-order valence-corrected chi connectivity index (χ3v) is 7.83. The van der Waals surface area contributed by atoms with Gasteiger partial charge < -0.3 is 9.64 Å². The molecule has 1 aromatic rings. The van der Waals surface area contributed by atoms with Crippen LogP contribution in [-0.2, 0) is 19.7 Å². The molecule has 0 spiro atoms. The van der Waals surface area contributed by atoms with Crippen molar-refractivity contribution in [3.05, 3.63) is 35.6 Å². The highest BCUT2D eigenvalue weighted by Crippen LogP contribution is 2.64. The van der Waals surface area contributed by atoms with E-state index in [4.69, 9.17) is 4.74 Å². The van der Waals surface area contributed by atoms with Gasteiger partial charge in [-0.15, -0.1) is 0 Å². The van der Waals surface area contributed by atoms with Gasteiger partial charge in [-0.3, -0.25) is 4.79 Å². The number of hydrogen-bond donors (Lipinski definition) is 0. The van der Waals surface area contributed by atoms with Gasteiger partial charge in [-0.1, -0.05) is 12.1 Å². The van der Waals surface area contributed by atoms with E-state index in [1.807, 2.05) is 12.1 Å². The van der Waals surface area contributed by atoms with E-state index < -0.39 is 6.04 Å². The van der Waals surface area contributed by atoms with E-state index in [2.05, 4.69) is 0 Å². The van der Waals surface area contributed by atoms with Crippen LogP contribution in [0, 0.1) is 29.5 Å². The summed E-state index contributed by atoms with van der Waals surface area (Å²) in [6.07, 6.45) is 6.49. The minimum atomic E-state index is -0.412. The van der Waals surface area contributed by atoms with Crippen LogP contribution in [0.2, 0.25) is 0 Å². The van der Waals surface area contributed by atoms with Crippen molar-refractivity contribution in [1.82, 2.24) is 4.90 Å². The van der Waals surface area contributed by atoms with Crippen molar-refractivity contribution in [2.45, 2.75) is 50.0 Å². The Morgan fingerprint density at radius 2 is 1.67 bits per heavy atom. The van der Waals surface area contributed by atoms with Crippen molar-refractivity contribution in [1.29, 1.82) is 0 Å². The largest absolute Gasteiger partial charge is 0.467 e. The Morgan fingerprint density at radius 1 is 1.07 bits per heavy atom. The van der Waals surface area contributed by atoms with E-state index in [0.29, 0.717) is 24.8 Å².